The Labute approximate surface area is 153 Å². The summed E-state index contributed by atoms with van der Waals surface area (Å²) < 4.78 is 21.9. The maximum atomic E-state index is 11.2. The fourth-order valence-electron chi connectivity index (χ4n) is 2.59. The van der Waals surface area contributed by atoms with E-state index in [9.17, 15) is 4.79 Å². The van der Waals surface area contributed by atoms with E-state index in [-0.39, 0.29) is 16.8 Å². The van der Waals surface area contributed by atoms with E-state index in [1.165, 1.54) is 0 Å². The molecule has 132 valence electrons. The van der Waals surface area contributed by atoms with Crippen molar-refractivity contribution < 1.29 is 40.5 Å². The molecule has 2 aliphatic heterocycles. The van der Waals surface area contributed by atoms with Crippen LogP contribution in [0.4, 0.5) is 0 Å². The molecular weight excluding hydrogens is 355 g/mol. The van der Waals surface area contributed by atoms with Gasteiger partial charge in [0, 0.05) is 33.5 Å². The summed E-state index contributed by atoms with van der Waals surface area (Å²) in [5.41, 5.74) is 2.21. The van der Waals surface area contributed by atoms with Gasteiger partial charge < -0.3 is 18.9 Å². The van der Waals surface area contributed by atoms with E-state index < -0.39 is 12.6 Å². The van der Waals surface area contributed by atoms with Gasteiger partial charge in [0.25, 0.3) is 0 Å². The monoisotopic (exact) mass is 376 g/mol. The molecule has 6 radical (unpaired) electrons. The minimum absolute atomic E-state index is 0. The van der Waals surface area contributed by atoms with Gasteiger partial charge in [0.2, 0.25) is 0 Å². The zero-order chi connectivity index (χ0) is 15.9. The molecule has 4 aliphatic rings. The molecule has 6 heteroatoms. The van der Waals surface area contributed by atoms with Crippen LogP contribution >= 0.6 is 0 Å². The molecule has 0 aromatic rings. The van der Waals surface area contributed by atoms with Crippen LogP contribution in [0, 0.1) is 32.1 Å². The molecule has 5 nitrogen and oxygen atoms in total. The van der Waals surface area contributed by atoms with Crippen LogP contribution in [0.3, 0.4) is 0 Å². The largest absolute Gasteiger partial charge is 0.348 e. The van der Waals surface area contributed by atoms with Gasteiger partial charge in [-0.25, -0.2) is 0 Å². The van der Waals surface area contributed by atoms with Gasteiger partial charge in [-0.15, -0.1) is 0 Å². The number of hydrogen-bond donors (Lipinski definition) is 0. The fraction of sp³-hybridized carbons (Fsp3) is 0.444. The van der Waals surface area contributed by atoms with Crippen LogP contribution < -0.4 is 0 Å². The Balaban J connectivity index is 0.000000300. The molecule has 0 unspecified atom stereocenters. The standard InChI is InChI=1S/C13H16O5.C5H5.Co/c14-8-11-9(12-15-3-1-4-16-12)7-10(11)13-17-5-2-6-18-13;1-2-4-5-3-1;/h7-8,12-13H,1-6H2;1-5H;. The minimum atomic E-state index is -0.411. The number of carbonyl (C=O) groups excluding carboxylic acids is 1. The Bertz CT molecular complexity index is 450. The predicted octanol–water partition coefficient (Wildman–Crippen LogP) is 1.97. The molecule has 0 bridgehead atoms. The van der Waals surface area contributed by atoms with E-state index >= 15 is 0 Å². The van der Waals surface area contributed by atoms with E-state index in [4.69, 9.17) is 18.9 Å². The molecule has 24 heavy (non-hydrogen) atoms. The van der Waals surface area contributed by atoms with Gasteiger partial charge in [0.1, 0.15) is 0 Å². The zero-order valence-electron chi connectivity index (χ0n) is 13.3. The second-order valence-electron chi connectivity index (χ2n) is 5.40. The second kappa shape index (κ2) is 10.5. The average Bonchev–Trinajstić information content (AvgIpc) is 3.16. The van der Waals surface area contributed by atoms with E-state index in [0.29, 0.717) is 32.0 Å². The van der Waals surface area contributed by atoms with Crippen molar-refractivity contribution in [2.45, 2.75) is 25.4 Å². The van der Waals surface area contributed by atoms with E-state index in [0.717, 1.165) is 30.3 Å². The van der Waals surface area contributed by atoms with Crippen LogP contribution in [0.5, 0.6) is 0 Å². The molecule has 0 aromatic carbocycles. The van der Waals surface area contributed by atoms with Gasteiger partial charge in [0.05, 0.1) is 26.4 Å². The zero-order valence-corrected chi connectivity index (χ0v) is 14.4. The number of aldehydes is 1. The van der Waals surface area contributed by atoms with Crippen LogP contribution in [0.15, 0.2) is 22.8 Å². The summed E-state index contributed by atoms with van der Waals surface area (Å²) in [5, 5.41) is 0. The van der Waals surface area contributed by atoms with Crippen molar-refractivity contribution in [2.75, 3.05) is 26.4 Å². The first-order chi connectivity index (χ1) is 11.4. The predicted molar refractivity (Wildman–Crippen MR) is 83.3 cm³/mol. The smallest absolute Gasteiger partial charge is 0.184 e. The molecule has 0 aromatic heterocycles. The number of hydrogen-bond acceptors (Lipinski definition) is 5. The summed E-state index contributed by atoms with van der Waals surface area (Å²) in [6.45, 7) is 2.67. The molecule has 0 atom stereocenters. The van der Waals surface area contributed by atoms with Crippen LogP contribution in [0.2, 0.25) is 0 Å². The molecule has 0 amide bonds. The van der Waals surface area contributed by atoms with E-state index in [1.54, 1.807) is 0 Å². The molecule has 0 N–H and O–H groups in total. The topological polar surface area (TPSA) is 54.0 Å². The van der Waals surface area contributed by atoms with Gasteiger partial charge in [-0.2, -0.15) is 0 Å². The minimum Gasteiger partial charge on any atom is -0.348 e. The molecule has 2 heterocycles. The van der Waals surface area contributed by atoms with Gasteiger partial charge >= 0.3 is 0 Å². The first-order valence-corrected chi connectivity index (χ1v) is 7.94. The third kappa shape index (κ3) is 5.00. The molecule has 1 saturated carbocycles. The average molecular weight is 376 g/mol. The number of ether oxygens (including phenoxy) is 4. The van der Waals surface area contributed by atoms with Gasteiger partial charge in [-0.3, -0.25) is 4.79 Å². The first-order valence-electron chi connectivity index (χ1n) is 7.94. The van der Waals surface area contributed by atoms with E-state index in [1.807, 2.05) is 38.2 Å². The summed E-state index contributed by atoms with van der Waals surface area (Å²) in [4.78, 5) is 11.2. The van der Waals surface area contributed by atoms with Gasteiger partial charge in [-0.05, 0) is 51.0 Å². The van der Waals surface area contributed by atoms with Crippen LogP contribution in [0.25, 0.3) is 0 Å². The Morgan fingerprint density at radius 3 is 1.71 bits per heavy atom. The number of carbonyl (C=O) groups is 1. The first kappa shape index (κ1) is 19.8. The van der Waals surface area contributed by atoms with Crippen molar-refractivity contribution in [1.29, 1.82) is 0 Å². The van der Waals surface area contributed by atoms with Crippen molar-refractivity contribution in [2.24, 2.45) is 0 Å². The normalized spacial score (nSPS) is 25.1. The molecule has 2 saturated heterocycles. The molecule has 2 aliphatic carbocycles. The third-order valence-electron chi connectivity index (χ3n) is 3.77. The van der Waals surface area contributed by atoms with Crippen molar-refractivity contribution in [3.8, 4) is 0 Å². The van der Waals surface area contributed by atoms with Crippen LogP contribution in [0.1, 0.15) is 12.8 Å². The van der Waals surface area contributed by atoms with Crippen molar-refractivity contribution in [3.05, 3.63) is 54.9 Å². The Morgan fingerprint density at radius 2 is 1.25 bits per heavy atom. The molecule has 4 rings (SSSR count). The Hall–Kier alpha value is -0.504. The van der Waals surface area contributed by atoms with Gasteiger partial charge in [0.15, 0.2) is 18.9 Å². The van der Waals surface area contributed by atoms with Crippen molar-refractivity contribution in [3.63, 3.8) is 0 Å². The second-order valence-corrected chi connectivity index (χ2v) is 5.40. The molecule has 0 spiro atoms. The molecule has 3 fully saturated rings. The third-order valence-corrected chi connectivity index (χ3v) is 3.77. The van der Waals surface area contributed by atoms with Crippen molar-refractivity contribution >= 4 is 6.29 Å². The Kier molecular flexibility index (Phi) is 8.65. The summed E-state index contributed by atoms with van der Waals surface area (Å²) in [6.07, 6.45) is 13.7. The van der Waals surface area contributed by atoms with Crippen LogP contribution in [-0.4, -0.2) is 45.3 Å². The van der Waals surface area contributed by atoms with Crippen LogP contribution in [-0.2, 0) is 40.5 Å². The van der Waals surface area contributed by atoms with Gasteiger partial charge in [-0.1, -0.05) is 0 Å². The summed E-state index contributed by atoms with van der Waals surface area (Å²) in [6, 6.07) is 0. The van der Waals surface area contributed by atoms with E-state index in [2.05, 4.69) is 0 Å². The van der Waals surface area contributed by atoms with Crippen molar-refractivity contribution in [1.82, 2.24) is 0 Å². The Morgan fingerprint density at radius 1 is 0.792 bits per heavy atom. The quantitative estimate of drug-likeness (QED) is 0.705. The maximum Gasteiger partial charge on any atom is 0.184 e. The molecular formula is C18H21CoO5. The summed E-state index contributed by atoms with van der Waals surface area (Å²) >= 11 is 0. The summed E-state index contributed by atoms with van der Waals surface area (Å²) in [5.74, 6) is 0. The number of rotatable bonds is 3. The summed E-state index contributed by atoms with van der Waals surface area (Å²) in [7, 11) is 0. The fourth-order valence-corrected chi connectivity index (χ4v) is 2.59. The SMILES string of the molecule is O=CC1=C(C2OCCCO2)C=C1C1OCCCO1.[CH]1[CH][CH][CH][CH]1.[Co]. The maximum absolute atomic E-state index is 11.2.